The van der Waals surface area contributed by atoms with Crippen molar-refractivity contribution in [3.05, 3.63) is 59.4 Å². The van der Waals surface area contributed by atoms with Crippen LogP contribution in [0, 0.1) is 24.4 Å². The predicted molar refractivity (Wildman–Crippen MR) is 104 cm³/mol. The summed E-state index contributed by atoms with van der Waals surface area (Å²) in [5.41, 5.74) is 1.06. The van der Waals surface area contributed by atoms with Gasteiger partial charge in [0.15, 0.2) is 17.5 Å². The third-order valence-electron chi connectivity index (χ3n) is 4.65. The van der Waals surface area contributed by atoms with Crippen molar-refractivity contribution in [1.29, 1.82) is 0 Å². The van der Waals surface area contributed by atoms with Crippen LogP contribution in [0.5, 0.6) is 0 Å². The summed E-state index contributed by atoms with van der Waals surface area (Å²) in [5.74, 6) is -4.93. The fraction of sp³-hybridized carbons (Fsp3) is 0.316. The summed E-state index contributed by atoms with van der Waals surface area (Å²) in [7, 11) is -4.33. The van der Waals surface area contributed by atoms with Crippen LogP contribution in [-0.2, 0) is 14.8 Å². The van der Waals surface area contributed by atoms with Gasteiger partial charge in [-0.2, -0.15) is 4.31 Å². The van der Waals surface area contributed by atoms with E-state index in [1.807, 2.05) is 31.2 Å². The maximum atomic E-state index is 13.9. The van der Waals surface area contributed by atoms with Gasteiger partial charge in [0.2, 0.25) is 15.9 Å². The summed E-state index contributed by atoms with van der Waals surface area (Å²) in [6.07, 6.45) is 0. The molecule has 2 aromatic rings. The molecule has 29 heavy (non-hydrogen) atoms. The Labute approximate surface area is 171 Å². The van der Waals surface area contributed by atoms with Gasteiger partial charge in [-0.15, -0.1) is 11.8 Å². The number of carbonyl (C=O) groups is 1. The minimum absolute atomic E-state index is 0.0540. The van der Waals surface area contributed by atoms with Crippen molar-refractivity contribution in [1.82, 2.24) is 9.21 Å². The van der Waals surface area contributed by atoms with Crippen LogP contribution in [0.2, 0.25) is 0 Å². The number of aryl methyl sites for hydroxylation is 1. The zero-order valence-corrected chi connectivity index (χ0v) is 17.2. The molecule has 1 amide bonds. The normalized spacial score (nSPS) is 15.5. The molecular weight excluding hydrogens is 425 g/mol. The minimum Gasteiger partial charge on any atom is -0.339 e. The van der Waals surface area contributed by atoms with Gasteiger partial charge in [0.05, 0.1) is 5.75 Å². The van der Waals surface area contributed by atoms with Crippen LogP contribution in [0.15, 0.2) is 46.2 Å². The highest BCUT2D eigenvalue weighted by Crippen LogP contribution is 2.25. The number of thioether (sulfide) groups is 1. The summed E-state index contributed by atoms with van der Waals surface area (Å²) in [5, 5.41) is 0. The molecule has 0 bridgehead atoms. The SMILES string of the molecule is Cc1ccccc1SCC(=O)N1CCN(S(=O)(=O)c2ccc(F)c(F)c2F)CC1. The van der Waals surface area contributed by atoms with Crippen LogP contribution in [0.1, 0.15) is 5.56 Å². The standard InChI is InChI=1S/C19H19F3N2O3S2/c1-13-4-2-3-5-15(13)28-12-17(25)23-8-10-24(11-9-23)29(26,27)16-7-6-14(20)18(21)19(16)22/h2-7H,8-12H2,1H3. The van der Waals surface area contributed by atoms with Crippen LogP contribution in [-0.4, -0.2) is 55.5 Å². The van der Waals surface area contributed by atoms with Crippen LogP contribution in [0.4, 0.5) is 13.2 Å². The van der Waals surface area contributed by atoms with E-state index in [1.165, 1.54) is 11.8 Å². The van der Waals surface area contributed by atoms with E-state index in [4.69, 9.17) is 0 Å². The first-order valence-electron chi connectivity index (χ1n) is 8.81. The average molecular weight is 445 g/mol. The first-order valence-corrected chi connectivity index (χ1v) is 11.2. The summed E-state index contributed by atoms with van der Waals surface area (Å²) in [4.78, 5) is 14.1. The summed E-state index contributed by atoms with van der Waals surface area (Å²) >= 11 is 1.41. The fourth-order valence-corrected chi connectivity index (χ4v) is 5.38. The van der Waals surface area contributed by atoms with Crippen molar-refractivity contribution in [3.63, 3.8) is 0 Å². The Morgan fingerprint density at radius 1 is 1.00 bits per heavy atom. The molecule has 0 radical (unpaired) electrons. The van der Waals surface area contributed by atoms with Gasteiger partial charge >= 0.3 is 0 Å². The van der Waals surface area contributed by atoms with Crippen molar-refractivity contribution in [2.75, 3.05) is 31.9 Å². The van der Waals surface area contributed by atoms with Gasteiger partial charge in [-0.3, -0.25) is 4.79 Å². The van der Waals surface area contributed by atoms with Crippen molar-refractivity contribution in [2.45, 2.75) is 16.7 Å². The Hall–Kier alpha value is -2.04. The lowest BCUT2D eigenvalue weighted by Crippen LogP contribution is -2.51. The molecule has 1 fully saturated rings. The molecule has 1 aliphatic heterocycles. The molecular formula is C19H19F3N2O3S2. The van der Waals surface area contributed by atoms with Gasteiger partial charge in [0.25, 0.3) is 0 Å². The highest BCUT2D eigenvalue weighted by molar-refractivity contribution is 8.00. The molecule has 3 rings (SSSR count). The molecule has 0 aliphatic carbocycles. The number of hydrogen-bond donors (Lipinski definition) is 0. The van der Waals surface area contributed by atoms with E-state index in [0.29, 0.717) is 12.1 Å². The topological polar surface area (TPSA) is 57.7 Å². The van der Waals surface area contributed by atoms with Gasteiger partial charge in [-0.1, -0.05) is 18.2 Å². The molecule has 0 saturated carbocycles. The van der Waals surface area contributed by atoms with Crippen molar-refractivity contribution < 1.29 is 26.4 Å². The quantitative estimate of drug-likeness (QED) is 0.526. The summed E-state index contributed by atoms with van der Waals surface area (Å²) in [6, 6.07) is 8.97. The Bertz CT molecular complexity index is 1020. The maximum absolute atomic E-state index is 13.9. The second-order valence-corrected chi connectivity index (χ2v) is 9.44. The molecule has 5 nitrogen and oxygen atoms in total. The molecule has 1 saturated heterocycles. The molecule has 1 heterocycles. The van der Waals surface area contributed by atoms with Crippen molar-refractivity contribution >= 4 is 27.7 Å². The smallest absolute Gasteiger partial charge is 0.246 e. The molecule has 10 heteroatoms. The molecule has 0 aromatic heterocycles. The highest BCUT2D eigenvalue weighted by Gasteiger charge is 2.33. The lowest BCUT2D eigenvalue weighted by Gasteiger charge is -2.34. The lowest BCUT2D eigenvalue weighted by molar-refractivity contribution is -0.129. The number of amides is 1. The summed E-state index contributed by atoms with van der Waals surface area (Å²) in [6.45, 7) is 2.12. The third kappa shape index (κ3) is 4.59. The largest absolute Gasteiger partial charge is 0.339 e. The van der Waals surface area contributed by atoms with Gasteiger partial charge in [-0.25, -0.2) is 21.6 Å². The molecule has 0 N–H and O–H groups in total. The molecule has 1 aliphatic rings. The maximum Gasteiger partial charge on any atom is 0.246 e. The van der Waals surface area contributed by atoms with Crippen molar-refractivity contribution in [3.8, 4) is 0 Å². The molecule has 0 unspecified atom stereocenters. The fourth-order valence-electron chi connectivity index (χ4n) is 2.97. The number of rotatable bonds is 5. The molecule has 2 aromatic carbocycles. The van der Waals surface area contributed by atoms with Crippen molar-refractivity contribution in [2.24, 2.45) is 0 Å². The second-order valence-electron chi connectivity index (χ2n) is 6.51. The number of nitrogens with zero attached hydrogens (tertiary/aromatic N) is 2. The monoisotopic (exact) mass is 444 g/mol. The number of piperazine rings is 1. The number of halogens is 3. The Morgan fingerprint density at radius 2 is 1.66 bits per heavy atom. The van der Waals surface area contributed by atoms with E-state index in [-0.39, 0.29) is 37.8 Å². The van der Waals surface area contributed by atoms with Gasteiger partial charge in [0, 0.05) is 31.1 Å². The van der Waals surface area contributed by atoms with E-state index < -0.39 is 32.4 Å². The highest BCUT2D eigenvalue weighted by atomic mass is 32.2. The zero-order valence-electron chi connectivity index (χ0n) is 15.6. The van der Waals surface area contributed by atoms with Crippen LogP contribution < -0.4 is 0 Å². The first-order chi connectivity index (χ1) is 13.7. The third-order valence-corrected chi connectivity index (χ3v) is 7.73. The van der Waals surface area contributed by atoms with E-state index >= 15 is 0 Å². The number of benzene rings is 2. The number of carbonyl (C=O) groups excluding carboxylic acids is 1. The number of sulfonamides is 1. The Kier molecular flexibility index (Phi) is 6.55. The van der Waals surface area contributed by atoms with Gasteiger partial charge in [-0.05, 0) is 30.7 Å². The predicted octanol–water partition coefficient (Wildman–Crippen LogP) is 3.04. The zero-order chi connectivity index (χ0) is 21.2. The number of hydrogen-bond acceptors (Lipinski definition) is 4. The van der Waals surface area contributed by atoms with Crippen LogP contribution in [0.25, 0.3) is 0 Å². The molecule has 0 spiro atoms. The van der Waals surface area contributed by atoms with E-state index in [0.717, 1.165) is 14.8 Å². The van der Waals surface area contributed by atoms with Crippen LogP contribution in [0.3, 0.4) is 0 Å². The van der Waals surface area contributed by atoms with E-state index in [9.17, 15) is 26.4 Å². The van der Waals surface area contributed by atoms with E-state index in [1.54, 1.807) is 4.90 Å². The first kappa shape index (κ1) is 21.7. The van der Waals surface area contributed by atoms with E-state index in [2.05, 4.69) is 0 Å². The molecule has 0 atom stereocenters. The average Bonchev–Trinajstić information content (AvgIpc) is 2.71. The summed E-state index contributed by atoms with van der Waals surface area (Å²) < 4.78 is 66.6. The second kappa shape index (κ2) is 8.76. The lowest BCUT2D eigenvalue weighted by atomic mass is 10.2. The van der Waals surface area contributed by atoms with Gasteiger partial charge in [0.1, 0.15) is 4.90 Å². The Morgan fingerprint density at radius 3 is 2.31 bits per heavy atom. The minimum atomic E-state index is -4.33. The molecule has 156 valence electrons. The van der Waals surface area contributed by atoms with Crippen LogP contribution >= 0.6 is 11.8 Å². The Balaban J connectivity index is 1.62. The van der Waals surface area contributed by atoms with Gasteiger partial charge < -0.3 is 4.90 Å².